The lowest BCUT2D eigenvalue weighted by Gasteiger charge is -2.36. The molecule has 0 unspecified atom stereocenters. The minimum absolute atomic E-state index is 0.0139. The number of amides is 2. The summed E-state index contributed by atoms with van der Waals surface area (Å²) in [6.07, 6.45) is 3.76. The molecule has 1 heterocycles. The molecule has 1 aromatic heterocycles. The van der Waals surface area contributed by atoms with Gasteiger partial charge < -0.3 is 10.6 Å². The van der Waals surface area contributed by atoms with Crippen molar-refractivity contribution in [3.05, 3.63) is 47.8 Å². The van der Waals surface area contributed by atoms with Gasteiger partial charge in [-0.25, -0.2) is 9.48 Å². The number of nitrogens with one attached hydrogen (secondary N) is 2. The zero-order chi connectivity index (χ0) is 17.3. The Morgan fingerprint density at radius 1 is 1.29 bits per heavy atom. The molecule has 3 rings (SSSR count). The van der Waals surface area contributed by atoms with Crippen LogP contribution in [0.15, 0.2) is 36.5 Å². The zero-order valence-corrected chi connectivity index (χ0v) is 14.8. The van der Waals surface area contributed by atoms with Crippen molar-refractivity contribution >= 4 is 6.03 Å². The molecule has 0 bridgehead atoms. The van der Waals surface area contributed by atoms with Crippen LogP contribution < -0.4 is 10.6 Å². The number of hydrogen-bond donors (Lipinski definition) is 2. The average Bonchev–Trinajstić information content (AvgIpc) is 2.89. The molecule has 0 fully saturated rings. The van der Waals surface area contributed by atoms with Crippen LogP contribution in [0.1, 0.15) is 51.4 Å². The van der Waals surface area contributed by atoms with Crippen molar-refractivity contribution in [3.8, 4) is 5.69 Å². The predicted octanol–water partition coefficient (Wildman–Crippen LogP) is 3.59. The predicted molar refractivity (Wildman–Crippen MR) is 95.2 cm³/mol. The fourth-order valence-corrected chi connectivity index (χ4v) is 3.43. The molecular formula is C19H26N4O. The average molecular weight is 326 g/mol. The van der Waals surface area contributed by atoms with Gasteiger partial charge in [0, 0.05) is 11.6 Å². The lowest BCUT2D eigenvalue weighted by Crippen LogP contribution is -2.44. The van der Waals surface area contributed by atoms with Gasteiger partial charge in [-0.1, -0.05) is 32.0 Å². The van der Waals surface area contributed by atoms with Gasteiger partial charge in [0.2, 0.25) is 0 Å². The second-order valence-corrected chi connectivity index (χ2v) is 7.66. The summed E-state index contributed by atoms with van der Waals surface area (Å²) in [5, 5.41) is 10.6. The number of carbonyl (C=O) groups is 1. The van der Waals surface area contributed by atoms with Crippen molar-refractivity contribution in [1.82, 2.24) is 20.4 Å². The topological polar surface area (TPSA) is 59.0 Å². The number of para-hydroxylation sites is 1. The van der Waals surface area contributed by atoms with Crippen molar-refractivity contribution in [2.75, 3.05) is 0 Å². The zero-order valence-electron chi connectivity index (χ0n) is 14.8. The Hall–Kier alpha value is -2.30. The summed E-state index contributed by atoms with van der Waals surface area (Å²) in [5.74, 6) is 0. The van der Waals surface area contributed by atoms with Crippen molar-refractivity contribution in [3.63, 3.8) is 0 Å². The van der Waals surface area contributed by atoms with E-state index in [2.05, 4.69) is 41.7 Å². The van der Waals surface area contributed by atoms with Crippen LogP contribution in [-0.4, -0.2) is 21.9 Å². The maximum absolute atomic E-state index is 12.2. The molecule has 0 aliphatic heterocycles. The fourth-order valence-electron chi connectivity index (χ4n) is 3.43. The first-order valence-electron chi connectivity index (χ1n) is 8.55. The molecule has 2 N–H and O–H groups in total. The van der Waals surface area contributed by atoms with Crippen LogP contribution in [-0.2, 0) is 6.42 Å². The highest BCUT2D eigenvalue weighted by Crippen LogP contribution is 2.41. The minimum atomic E-state index is -0.119. The molecule has 0 radical (unpaired) electrons. The summed E-state index contributed by atoms with van der Waals surface area (Å²) in [6.45, 7) is 8.41. The smallest absolute Gasteiger partial charge is 0.315 e. The van der Waals surface area contributed by atoms with E-state index in [1.54, 1.807) is 0 Å². The standard InChI is InChI=1S/C19H26N4O/c1-13(2)21-18(24)22-16-10-19(3,4)11-17-15(16)12-20-23(17)14-8-6-5-7-9-14/h5-9,12-13,16H,10-11H2,1-4H3,(H2,21,22,24)/t16-/m0/s1. The van der Waals surface area contributed by atoms with Crippen molar-refractivity contribution in [2.45, 2.75) is 52.6 Å². The van der Waals surface area contributed by atoms with E-state index in [1.807, 2.05) is 42.9 Å². The van der Waals surface area contributed by atoms with E-state index in [9.17, 15) is 4.79 Å². The number of nitrogens with zero attached hydrogens (tertiary/aromatic N) is 2. The maximum Gasteiger partial charge on any atom is 0.315 e. The molecule has 5 nitrogen and oxygen atoms in total. The third kappa shape index (κ3) is 3.45. The number of rotatable bonds is 3. The quantitative estimate of drug-likeness (QED) is 0.905. The van der Waals surface area contributed by atoms with Gasteiger partial charge in [-0.3, -0.25) is 0 Å². The largest absolute Gasteiger partial charge is 0.336 e. The van der Waals surface area contributed by atoms with E-state index < -0.39 is 0 Å². The summed E-state index contributed by atoms with van der Waals surface area (Å²) in [4.78, 5) is 12.2. The molecule has 0 saturated carbocycles. The van der Waals surface area contributed by atoms with Crippen LogP contribution in [0.2, 0.25) is 0 Å². The Bertz CT molecular complexity index is 718. The summed E-state index contributed by atoms with van der Waals surface area (Å²) in [5.41, 5.74) is 3.47. The molecule has 1 aliphatic carbocycles. The van der Waals surface area contributed by atoms with Gasteiger partial charge in [-0.15, -0.1) is 0 Å². The first kappa shape index (κ1) is 16.6. The monoisotopic (exact) mass is 326 g/mol. The van der Waals surface area contributed by atoms with Crippen molar-refractivity contribution < 1.29 is 4.79 Å². The number of hydrogen-bond acceptors (Lipinski definition) is 2. The summed E-state index contributed by atoms with van der Waals surface area (Å²) < 4.78 is 2.01. The van der Waals surface area contributed by atoms with E-state index >= 15 is 0 Å². The van der Waals surface area contributed by atoms with E-state index in [4.69, 9.17) is 0 Å². The second kappa shape index (κ2) is 6.30. The van der Waals surface area contributed by atoms with E-state index in [1.165, 1.54) is 5.69 Å². The van der Waals surface area contributed by atoms with E-state index in [-0.39, 0.29) is 23.5 Å². The molecule has 5 heteroatoms. The van der Waals surface area contributed by atoms with Crippen molar-refractivity contribution in [2.24, 2.45) is 5.41 Å². The molecular weight excluding hydrogens is 300 g/mol. The van der Waals surface area contributed by atoms with E-state index in [0.717, 1.165) is 24.1 Å². The van der Waals surface area contributed by atoms with Gasteiger partial charge in [0.25, 0.3) is 0 Å². The summed E-state index contributed by atoms with van der Waals surface area (Å²) >= 11 is 0. The lowest BCUT2D eigenvalue weighted by atomic mass is 9.74. The van der Waals surface area contributed by atoms with Crippen molar-refractivity contribution in [1.29, 1.82) is 0 Å². The molecule has 1 aliphatic rings. The third-order valence-corrected chi connectivity index (χ3v) is 4.41. The SMILES string of the molecule is CC(C)NC(=O)N[C@H]1CC(C)(C)Cc2c1cnn2-c1ccccc1. The highest BCUT2D eigenvalue weighted by Gasteiger charge is 2.36. The van der Waals surface area contributed by atoms with Crippen LogP contribution in [0.4, 0.5) is 4.79 Å². The van der Waals surface area contributed by atoms with Gasteiger partial charge in [0.1, 0.15) is 0 Å². The van der Waals surface area contributed by atoms with Gasteiger partial charge >= 0.3 is 6.03 Å². The minimum Gasteiger partial charge on any atom is -0.336 e. The molecule has 128 valence electrons. The van der Waals surface area contributed by atoms with Gasteiger partial charge in [-0.2, -0.15) is 5.10 Å². The number of fused-ring (bicyclic) bond motifs is 1. The van der Waals surface area contributed by atoms with Gasteiger partial charge in [0.05, 0.1) is 23.6 Å². The molecule has 24 heavy (non-hydrogen) atoms. The number of urea groups is 1. The van der Waals surface area contributed by atoms with Crippen LogP contribution in [0, 0.1) is 5.41 Å². The van der Waals surface area contributed by atoms with Crippen LogP contribution in [0.25, 0.3) is 5.69 Å². The van der Waals surface area contributed by atoms with Gasteiger partial charge in [-0.05, 0) is 44.2 Å². The Morgan fingerprint density at radius 3 is 2.67 bits per heavy atom. The number of carbonyl (C=O) groups excluding carboxylic acids is 1. The van der Waals surface area contributed by atoms with Gasteiger partial charge in [0.15, 0.2) is 0 Å². The molecule has 0 saturated heterocycles. The molecule has 1 atom stereocenters. The highest BCUT2D eigenvalue weighted by molar-refractivity contribution is 5.74. The maximum atomic E-state index is 12.2. The van der Waals surface area contributed by atoms with Crippen LogP contribution >= 0.6 is 0 Å². The lowest BCUT2D eigenvalue weighted by molar-refractivity contribution is 0.219. The Labute approximate surface area is 143 Å². The van der Waals surface area contributed by atoms with E-state index in [0.29, 0.717) is 0 Å². The second-order valence-electron chi connectivity index (χ2n) is 7.66. The molecule has 1 aromatic carbocycles. The first-order valence-corrected chi connectivity index (χ1v) is 8.55. The Balaban J connectivity index is 1.93. The van der Waals surface area contributed by atoms with Crippen LogP contribution in [0.5, 0.6) is 0 Å². The third-order valence-electron chi connectivity index (χ3n) is 4.41. The molecule has 2 amide bonds. The summed E-state index contributed by atoms with van der Waals surface area (Å²) in [6, 6.07) is 10.1. The first-order chi connectivity index (χ1) is 11.4. The Kier molecular flexibility index (Phi) is 4.35. The molecule has 2 aromatic rings. The fraction of sp³-hybridized carbons (Fsp3) is 0.474. The normalized spacial score (nSPS) is 19.0. The Morgan fingerprint density at radius 2 is 2.00 bits per heavy atom. The number of benzene rings is 1. The molecule has 0 spiro atoms. The number of aromatic nitrogens is 2. The highest BCUT2D eigenvalue weighted by atomic mass is 16.2. The summed E-state index contributed by atoms with van der Waals surface area (Å²) in [7, 11) is 0. The van der Waals surface area contributed by atoms with Crippen LogP contribution in [0.3, 0.4) is 0 Å².